The quantitative estimate of drug-likeness (QED) is 0.526. The molecule has 0 unspecified atom stereocenters. The zero-order valence-electron chi connectivity index (χ0n) is 18.5. The van der Waals surface area contributed by atoms with Crippen molar-refractivity contribution in [2.24, 2.45) is 7.05 Å². The van der Waals surface area contributed by atoms with Crippen molar-refractivity contribution >= 4 is 28.2 Å². The van der Waals surface area contributed by atoms with Gasteiger partial charge in [0.1, 0.15) is 23.9 Å². The molecule has 10 nitrogen and oxygen atoms in total. The van der Waals surface area contributed by atoms with E-state index >= 15 is 0 Å². The summed E-state index contributed by atoms with van der Waals surface area (Å²) in [7, 11) is 1.92. The number of benzene rings is 1. The van der Waals surface area contributed by atoms with Gasteiger partial charge in [-0.15, -0.1) is 0 Å². The van der Waals surface area contributed by atoms with Crippen molar-refractivity contribution in [3.63, 3.8) is 0 Å². The highest BCUT2D eigenvalue weighted by Gasteiger charge is 2.31. The molecule has 0 aliphatic carbocycles. The summed E-state index contributed by atoms with van der Waals surface area (Å²) in [5.74, 6) is 1.17. The maximum atomic E-state index is 12.3. The van der Waals surface area contributed by atoms with E-state index in [0.29, 0.717) is 36.6 Å². The van der Waals surface area contributed by atoms with Crippen molar-refractivity contribution < 1.29 is 14.3 Å². The molecule has 4 aromatic rings. The third-order valence-corrected chi connectivity index (χ3v) is 5.40. The van der Waals surface area contributed by atoms with Gasteiger partial charge in [0, 0.05) is 31.0 Å². The lowest BCUT2D eigenvalue weighted by Crippen LogP contribution is -2.36. The van der Waals surface area contributed by atoms with Crippen molar-refractivity contribution in [3.05, 3.63) is 30.7 Å². The maximum Gasteiger partial charge on any atom is 0.410 e. The van der Waals surface area contributed by atoms with Gasteiger partial charge in [-0.25, -0.2) is 14.8 Å². The number of rotatable bonds is 3. The Labute approximate surface area is 184 Å². The van der Waals surface area contributed by atoms with Crippen molar-refractivity contribution in [3.8, 4) is 17.3 Å². The van der Waals surface area contributed by atoms with Crippen LogP contribution in [0.5, 0.6) is 5.88 Å². The fourth-order valence-electron chi connectivity index (χ4n) is 3.88. The molecule has 3 aromatic heterocycles. The predicted molar refractivity (Wildman–Crippen MR) is 118 cm³/mol. The number of nitrogens with zero attached hydrogens (tertiary/aromatic N) is 6. The molecular weight excluding hydrogens is 410 g/mol. The number of hydrogen-bond acceptors (Lipinski definition) is 7. The van der Waals surface area contributed by atoms with Crippen molar-refractivity contribution in [1.29, 1.82) is 0 Å². The van der Waals surface area contributed by atoms with E-state index in [2.05, 4.69) is 20.2 Å². The minimum atomic E-state index is -0.529. The third kappa shape index (κ3) is 3.72. The molecule has 1 aliphatic rings. The Morgan fingerprint density at radius 1 is 1.25 bits per heavy atom. The molecule has 1 aliphatic heterocycles. The van der Waals surface area contributed by atoms with Crippen LogP contribution in [0.2, 0.25) is 0 Å². The molecule has 10 heteroatoms. The normalized spacial score (nSPS) is 16.8. The van der Waals surface area contributed by atoms with E-state index in [9.17, 15) is 4.79 Å². The van der Waals surface area contributed by atoms with E-state index in [1.807, 2.05) is 50.6 Å². The van der Waals surface area contributed by atoms with Gasteiger partial charge in [0.25, 0.3) is 0 Å². The topological polar surface area (TPSA) is 111 Å². The first-order chi connectivity index (χ1) is 15.3. The van der Waals surface area contributed by atoms with Crippen LogP contribution in [0, 0.1) is 0 Å². The van der Waals surface area contributed by atoms with Crippen LogP contribution in [-0.2, 0) is 11.8 Å². The second-order valence-electron chi connectivity index (χ2n) is 8.97. The van der Waals surface area contributed by atoms with Gasteiger partial charge < -0.3 is 18.9 Å². The summed E-state index contributed by atoms with van der Waals surface area (Å²) < 4.78 is 13.6. The Morgan fingerprint density at radius 3 is 2.91 bits per heavy atom. The number of aryl methyl sites for hydroxylation is 1. The number of carbonyl (C=O) groups is 1. The molecule has 4 heterocycles. The van der Waals surface area contributed by atoms with Crippen molar-refractivity contribution in [1.82, 2.24) is 34.6 Å². The first kappa shape index (κ1) is 20.2. The smallest absolute Gasteiger partial charge is 0.410 e. The average Bonchev–Trinajstić information content (AvgIpc) is 3.46. The number of imidazole rings is 1. The van der Waals surface area contributed by atoms with Crippen LogP contribution in [0.15, 0.2) is 30.7 Å². The number of fused-ring (bicyclic) bond motifs is 2. The zero-order valence-corrected chi connectivity index (χ0v) is 18.5. The minimum Gasteiger partial charge on any atom is -0.471 e. The first-order valence-corrected chi connectivity index (χ1v) is 10.5. The molecule has 0 saturated carbocycles. The van der Waals surface area contributed by atoms with Crippen LogP contribution in [0.3, 0.4) is 0 Å². The largest absolute Gasteiger partial charge is 0.471 e. The second kappa shape index (κ2) is 7.47. The molecule has 32 heavy (non-hydrogen) atoms. The maximum absolute atomic E-state index is 12.3. The highest BCUT2D eigenvalue weighted by Crippen LogP contribution is 2.30. The van der Waals surface area contributed by atoms with Crippen LogP contribution < -0.4 is 4.74 Å². The third-order valence-electron chi connectivity index (χ3n) is 5.40. The van der Waals surface area contributed by atoms with Gasteiger partial charge in [0.05, 0.1) is 18.3 Å². The van der Waals surface area contributed by atoms with Crippen LogP contribution >= 0.6 is 0 Å². The number of ether oxygens (including phenoxy) is 2. The molecule has 1 fully saturated rings. The Balaban J connectivity index is 1.40. The van der Waals surface area contributed by atoms with Crippen LogP contribution in [-0.4, -0.2) is 65.5 Å². The minimum absolute atomic E-state index is 0.187. The monoisotopic (exact) mass is 435 g/mol. The number of hydrogen-bond donors (Lipinski definition) is 1. The molecule has 1 aromatic carbocycles. The molecule has 166 valence electrons. The standard InChI is InChI=1S/C22H25N7O3/c1-22(2,3)32-21(30)29-8-7-15(11-29)31-20-17-19(23-12-24-20)28(4)18(26-17)13-5-6-16-14(9-13)10-25-27-16/h5-6,9-10,12,15H,7-8,11H2,1-4H3,(H,25,27)/t15-/m0/s1. The van der Waals surface area contributed by atoms with Crippen molar-refractivity contribution in [2.75, 3.05) is 13.1 Å². The summed E-state index contributed by atoms with van der Waals surface area (Å²) >= 11 is 0. The number of carbonyl (C=O) groups excluding carboxylic acids is 1. The van der Waals surface area contributed by atoms with Gasteiger partial charge in [0.15, 0.2) is 11.2 Å². The molecule has 0 radical (unpaired) electrons. The fourth-order valence-corrected chi connectivity index (χ4v) is 3.88. The van der Waals surface area contributed by atoms with E-state index in [4.69, 9.17) is 14.5 Å². The Kier molecular flexibility index (Phi) is 4.72. The molecule has 1 N–H and O–H groups in total. The van der Waals surface area contributed by atoms with Gasteiger partial charge in [-0.05, 0) is 39.0 Å². The fraction of sp³-hybridized carbons (Fsp3) is 0.409. The first-order valence-electron chi connectivity index (χ1n) is 10.5. The Hall–Kier alpha value is -3.69. The molecule has 0 bridgehead atoms. The Morgan fingerprint density at radius 2 is 2.09 bits per heavy atom. The molecular formula is C22H25N7O3. The van der Waals surface area contributed by atoms with Gasteiger partial charge in [-0.1, -0.05) is 0 Å². The van der Waals surface area contributed by atoms with Gasteiger partial charge in [-0.3, -0.25) is 5.10 Å². The summed E-state index contributed by atoms with van der Waals surface area (Å²) in [5.41, 5.74) is 2.65. The lowest BCUT2D eigenvalue weighted by molar-refractivity contribution is 0.0275. The van der Waals surface area contributed by atoms with Gasteiger partial charge >= 0.3 is 6.09 Å². The van der Waals surface area contributed by atoms with E-state index in [1.165, 1.54) is 6.33 Å². The lowest BCUT2D eigenvalue weighted by Gasteiger charge is -2.24. The molecule has 5 rings (SSSR count). The molecule has 1 amide bonds. The summed E-state index contributed by atoms with van der Waals surface area (Å²) in [6, 6.07) is 6.00. The number of aromatic nitrogens is 6. The van der Waals surface area contributed by atoms with Crippen LogP contribution in [0.25, 0.3) is 33.5 Å². The summed E-state index contributed by atoms with van der Waals surface area (Å²) in [4.78, 5) is 27.5. The van der Waals surface area contributed by atoms with E-state index in [0.717, 1.165) is 22.3 Å². The number of H-pyrrole nitrogens is 1. The van der Waals surface area contributed by atoms with Crippen molar-refractivity contribution in [2.45, 2.75) is 38.9 Å². The average molecular weight is 435 g/mol. The molecule has 1 saturated heterocycles. The second-order valence-corrected chi connectivity index (χ2v) is 8.97. The Bertz CT molecular complexity index is 1300. The van der Waals surface area contributed by atoms with E-state index in [1.54, 1.807) is 11.1 Å². The predicted octanol–water partition coefficient (Wildman–Crippen LogP) is 3.29. The summed E-state index contributed by atoms with van der Waals surface area (Å²) in [5, 5.41) is 8.04. The zero-order chi connectivity index (χ0) is 22.5. The highest BCUT2D eigenvalue weighted by molar-refractivity contribution is 5.86. The van der Waals surface area contributed by atoms with E-state index in [-0.39, 0.29) is 12.2 Å². The summed E-state index contributed by atoms with van der Waals surface area (Å²) in [6.07, 6.45) is 3.44. The van der Waals surface area contributed by atoms with E-state index < -0.39 is 5.60 Å². The molecule has 1 atom stereocenters. The van der Waals surface area contributed by atoms with Crippen LogP contribution in [0.4, 0.5) is 4.79 Å². The highest BCUT2D eigenvalue weighted by atomic mass is 16.6. The lowest BCUT2D eigenvalue weighted by atomic mass is 10.1. The molecule has 0 spiro atoms. The van der Waals surface area contributed by atoms with Crippen LogP contribution in [0.1, 0.15) is 27.2 Å². The SMILES string of the molecule is Cn1c(-c2ccc3[nH]ncc3c2)nc2c(O[C@H]3CCN(C(=O)OC(C)(C)C)C3)ncnc21. The number of likely N-dealkylation sites (tertiary alicyclic amines) is 1. The number of aromatic amines is 1. The van der Waals surface area contributed by atoms with Gasteiger partial charge in [0.2, 0.25) is 5.88 Å². The number of nitrogens with one attached hydrogen (secondary N) is 1. The summed E-state index contributed by atoms with van der Waals surface area (Å²) in [6.45, 7) is 6.59. The number of amides is 1. The van der Waals surface area contributed by atoms with Gasteiger partial charge in [-0.2, -0.15) is 10.1 Å².